The van der Waals surface area contributed by atoms with Gasteiger partial charge >= 0.3 is 0 Å². The second-order valence-electron chi connectivity index (χ2n) is 10.4. The van der Waals surface area contributed by atoms with Crippen LogP contribution in [0.2, 0.25) is 0 Å². The number of aromatic nitrogens is 2. The zero-order chi connectivity index (χ0) is 25.0. The van der Waals surface area contributed by atoms with Gasteiger partial charge in [-0.1, -0.05) is 86.8 Å². The summed E-state index contributed by atoms with van der Waals surface area (Å²) in [5, 5.41) is 15.2. The standard InChI is InChI=1S/C30H38N4O2.ClH/c1-2-16-30(36)17-10-9-15-26(30)34-22-32-27(28(34)24-13-7-4-8-14-24)29(35)33-19-18-31-21-25(33)20-23-11-5-3-6-12-23;/h3-8,11-14,22,25-26,31,36H,2,9-10,15-21H2,1H3;1H/t25-,26?,30?;/m1./s1. The molecule has 5 rings (SSSR count). The molecule has 1 saturated carbocycles. The normalized spacial score (nSPS) is 23.9. The molecular weight excluding hydrogens is 484 g/mol. The Morgan fingerprint density at radius 2 is 1.84 bits per heavy atom. The summed E-state index contributed by atoms with van der Waals surface area (Å²) in [7, 11) is 0. The first kappa shape index (κ1) is 27.4. The fourth-order valence-electron chi connectivity index (χ4n) is 6.20. The Bertz CT molecular complexity index is 1150. The molecule has 2 N–H and O–H groups in total. The molecule has 37 heavy (non-hydrogen) atoms. The highest BCUT2D eigenvalue weighted by Crippen LogP contribution is 2.43. The van der Waals surface area contributed by atoms with E-state index in [1.165, 1.54) is 5.56 Å². The second kappa shape index (κ2) is 12.2. The summed E-state index contributed by atoms with van der Waals surface area (Å²) >= 11 is 0. The summed E-state index contributed by atoms with van der Waals surface area (Å²) in [6.07, 6.45) is 8.09. The van der Waals surface area contributed by atoms with Gasteiger partial charge in [0.05, 0.1) is 23.7 Å². The molecule has 2 unspecified atom stereocenters. The Hall–Kier alpha value is -2.67. The molecule has 6 nitrogen and oxygen atoms in total. The largest absolute Gasteiger partial charge is 0.388 e. The van der Waals surface area contributed by atoms with Crippen molar-refractivity contribution in [1.29, 1.82) is 0 Å². The lowest BCUT2D eigenvalue weighted by atomic mass is 9.77. The predicted molar refractivity (Wildman–Crippen MR) is 150 cm³/mol. The second-order valence-corrected chi connectivity index (χ2v) is 10.4. The number of halogens is 1. The lowest BCUT2D eigenvalue weighted by Crippen LogP contribution is -2.54. The number of amides is 1. The van der Waals surface area contributed by atoms with Crippen molar-refractivity contribution in [3.8, 4) is 11.3 Å². The van der Waals surface area contributed by atoms with Gasteiger partial charge in [0.2, 0.25) is 0 Å². The predicted octanol–water partition coefficient (Wildman–Crippen LogP) is 5.27. The van der Waals surface area contributed by atoms with Gasteiger partial charge in [0.1, 0.15) is 0 Å². The highest BCUT2D eigenvalue weighted by molar-refractivity contribution is 5.98. The van der Waals surface area contributed by atoms with Gasteiger partial charge in [-0.2, -0.15) is 0 Å². The van der Waals surface area contributed by atoms with Crippen LogP contribution in [0.4, 0.5) is 0 Å². The van der Waals surface area contributed by atoms with Crippen LogP contribution in [0.5, 0.6) is 0 Å². The van der Waals surface area contributed by atoms with Crippen LogP contribution >= 0.6 is 12.4 Å². The van der Waals surface area contributed by atoms with Gasteiger partial charge in [-0.25, -0.2) is 4.98 Å². The number of hydrogen-bond donors (Lipinski definition) is 2. The molecule has 3 aromatic rings. The maximum Gasteiger partial charge on any atom is 0.275 e. The van der Waals surface area contributed by atoms with Crippen molar-refractivity contribution < 1.29 is 9.90 Å². The Labute approximate surface area is 226 Å². The molecule has 2 aromatic carbocycles. The molecule has 198 valence electrons. The van der Waals surface area contributed by atoms with Gasteiger partial charge in [-0.15, -0.1) is 12.4 Å². The summed E-state index contributed by atoms with van der Waals surface area (Å²) in [5.74, 6) is -0.0233. The number of aliphatic hydroxyl groups is 1. The molecule has 1 aromatic heterocycles. The summed E-state index contributed by atoms with van der Waals surface area (Å²) in [6.45, 7) is 4.32. The van der Waals surface area contributed by atoms with E-state index < -0.39 is 5.60 Å². The van der Waals surface area contributed by atoms with E-state index in [2.05, 4.69) is 41.1 Å². The number of imidazole rings is 1. The van der Waals surface area contributed by atoms with Crippen LogP contribution in [-0.2, 0) is 6.42 Å². The minimum Gasteiger partial charge on any atom is -0.388 e. The van der Waals surface area contributed by atoms with Crippen LogP contribution in [0, 0.1) is 0 Å². The van der Waals surface area contributed by atoms with Crippen molar-refractivity contribution in [1.82, 2.24) is 19.8 Å². The van der Waals surface area contributed by atoms with Crippen molar-refractivity contribution in [3.63, 3.8) is 0 Å². The van der Waals surface area contributed by atoms with E-state index >= 15 is 0 Å². The van der Waals surface area contributed by atoms with E-state index in [9.17, 15) is 9.90 Å². The quantitative estimate of drug-likeness (QED) is 0.443. The van der Waals surface area contributed by atoms with Crippen molar-refractivity contribution in [2.75, 3.05) is 19.6 Å². The van der Waals surface area contributed by atoms with Gasteiger partial charge in [-0.05, 0) is 31.2 Å². The minimum atomic E-state index is -0.775. The number of rotatable bonds is 7. The number of piperazine rings is 1. The van der Waals surface area contributed by atoms with Gasteiger partial charge < -0.3 is 19.9 Å². The van der Waals surface area contributed by atoms with Crippen LogP contribution < -0.4 is 5.32 Å². The first-order valence-corrected chi connectivity index (χ1v) is 13.5. The van der Waals surface area contributed by atoms with Crippen molar-refractivity contribution in [3.05, 3.63) is 78.2 Å². The Morgan fingerprint density at radius 1 is 1.11 bits per heavy atom. The van der Waals surface area contributed by atoms with Crippen LogP contribution in [0.15, 0.2) is 67.0 Å². The zero-order valence-electron chi connectivity index (χ0n) is 21.7. The number of benzene rings is 2. The van der Waals surface area contributed by atoms with E-state index in [4.69, 9.17) is 4.98 Å². The Kier molecular flexibility index (Phi) is 9.06. The highest BCUT2D eigenvalue weighted by Gasteiger charge is 2.41. The first-order valence-electron chi connectivity index (χ1n) is 13.5. The van der Waals surface area contributed by atoms with Gasteiger partial charge in [0, 0.05) is 31.2 Å². The van der Waals surface area contributed by atoms with Crippen LogP contribution in [0.3, 0.4) is 0 Å². The fourth-order valence-corrected chi connectivity index (χ4v) is 6.20. The third-order valence-corrected chi connectivity index (χ3v) is 7.94. The number of nitrogens with zero attached hydrogens (tertiary/aromatic N) is 3. The molecule has 2 aliphatic rings. The van der Waals surface area contributed by atoms with Crippen molar-refractivity contribution in [2.45, 2.75) is 69.6 Å². The van der Waals surface area contributed by atoms with Gasteiger partial charge in [0.15, 0.2) is 5.69 Å². The summed E-state index contributed by atoms with van der Waals surface area (Å²) in [6, 6.07) is 20.4. The lowest BCUT2D eigenvalue weighted by molar-refractivity contribution is -0.0482. The smallest absolute Gasteiger partial charge is 0.275 e. The topological polar surface area (TPSA) is 70.4 Å². The maximum atomic E-state index is 14.1. The van der Waals surface area contributed by atoms with E-state index in [0.29, 0.717) is 12.2 Å². The number of nitrogens with one attached hydrogen (secondary N) is 1. The third-order valence-electron chi connectivity index (χ3n) is 7.94. The minimum absolute atomic E-state index is 0. The number of carbonyl (C=O) groups excluding carboxylic acids is 1. The van der Waals surface area contributed by atoms with Crippen LogP contribution in [0.25, 0.3) is 11.3 Å². The monoisotopic (exact) mass is 522 g/mol. The van der Waals surface area contributed by atoms with E-state index in [-0.39, 0.29) is 30.4 Å². The first-order chi connectivity index (χ1) is 17.6. The van der Waals surface area contributed by atoms with Crippen LogP contribution in [0.1, 0.15) is 67.5 Å². The van der Waals surface area contributed by atoms with Gasteiger partial charge in [0.25, 0.3) is 5.91 Å². The van der Waals surface area contributed by atoms with E-state index in [0.717, 1.165) is 69.3 Å². The zero-order valence-corrected chi connectivity index (χ0v) is 22.5. The molecule has 0 radical (unpaired) electrons. The molecule has 2 heterocycles. The molecule has 2 fully saturated rings. The van der Waals surface area contributed by atoms with Crippen LogP contribution in [-0.4, -0.2) is 56.7 Å². The Morgan fingerprint density at radius 3 is 2.57 bits per heavy atom. The molecule has 0 bridgehead atoms. The van der Waals surface area contributed by atoms with Gasteiger partial charge in [-0.3, -0.25) is 4.79 Å². The summed E-state index contributed by atoms with van der Waals surface area (Å²) in [5.41, 5.74) is 2.74. The Balaban J connectivity index is 0.00000320. The fraction of sp³-hybridized carbons (Fsp3) is 0.467. The SMILES string of the molecule is CCCC1(O)CCCCC1n1cnc(C(=O)N2CCNC[C@H]2Cc2ccccc2)c1-c1ccccc1.Cl. The molecule has 1 amide bonds. The molecule has 1 aliphatic heterocycles. The lowest BCUT2D eigenvalue weighted by Gasteiger charge is -2.41. The highest BCUT2D eigenvalue weighted by atomic mass is 35.5. The third kappa shape index (κ3) is 5.77. The van der Waals surface area contributed by atoms with Crippen molar-refractivity contribution >= 4 is 18.3 Å². The molecule has 0 spiro atoms. The van der Waals surface area contributed by atoms with E-state index in [1.54, 1.807) is 6.33 Å². The number of hydrogen-bond acceptors (Lipinski definition) is 4. The molecule has 7 heteroatoms. The van der Waals surface area contributed by atoms with Crippen molar-refractivity contribution in [2.24, 2.45) is 0 Å². The maximum absolute atomic E-state index is 14.1. The molecular formula is C30H39ClN4O2. The number of carbonyl (C=O) groups is 1. The summed E-state index contributed by atoms with van der Waals surface area (Å²) < 4.78 is 2.12. The molecule has 3 atom stereocenters. The average molecular weight is 523 g/mol. The van der Waals surface area contributed by atoms with E-state index in [1.807, 2.05) is 41.3 Å². The average Bonchev–Trinajstić information content (AvgIpc) is 3.35. The molecule has 1 aliphatic carbocycles. The summed E-state index contributed by atoms with van der Waals surface area (Å²) in [4.78, 5) is 20.9. The molecule has 1 saturated heterocycles.